The third-order valence-corrected chi connectivity index (χ3v) is 3.19. The van der Waals surface area contributed by atoms with Gasteiger partial charge in [0, 0.05) is 12.0 Å². The number of halogens is 4. The van der Waals surface area contributed by atoms with Gasteiger partial charge in [0.25, 0.3) is 0 Å². The molecule has 0 spiro atoms. The Morgan fingerprint density at radius 1 is 1.19 bits per heavy atom. The van der Waals surface area contributed by atoms with Gasteiger partial charge in [-0.2, -0.15) is 8.78 Å². The Hall–Kier alpha value is -2.01. The molecule has 0 atom stereocenters. The first-order valence-corrected chi connectivity index (χ1v) is 6.36. The number of hydrogen-bond acceptors (Lipinski definition) is 2. The van der Waals surface area contributed by atoms with E-state index in [2.05, 4.69) is 4.74 Å². The summed E-state index contributed by atoms with van der Waals surface area (Å²) in [5.41, 5.74) is 0.523. The van der Waals surface area contributed by atoms with Crippen molar-refractivity contribution in [2.45, 2.75) is 13.0 Å². The lowest BCUT2D eigenvalue weighted by Crippen LogP contribution is -2.06. The van der Waals surface area contributed by atoms with E-state index < -0.39 is 12.4 Å². The number of hydrogen-bond donors (Lipinski definition) is 0. The van der Waals surface area contributed by atoms with Crippen LogP contribution in [0.25, 0.3) is 0 Å². The summed E-state index contributed by atoms with van der Waals surface area (Å²) in [7, 11) is 0. The molecule has 2 aromatic carbocycles. The molecule has 0 aliphatic heterocycles. The van der Waals surface area contributed by atoms with Gasteiger partial charge in [-0.25, -0.2) is 4.39 Å². The van der Waals surface area contributed by atoms with Gasteiger partial charge >= 0.3 is 6.61 Å². The number of ketones is 1. The van der Waals surface area contributed by atoms with Crippen LogP contribution in [-0.2, 0) is 6.42 Å². The van der Waals surface area contributed by atoms with Gasteiger partial charge in [-0.05, 0) is 23.8 Å². The van der Waals surface area contributed by atoms with E-state index in [0.717, 1.165) is 0 Å². The van der Waals surface area contributed by atoms with Crippen molar-refractivity contribution in [3.05, 3.63) is 64.4 Å². The van der Waals surface area contributed by atoms with Crippen molar-refractivity contribution in [1.82, 2.24) is 0 Å². The quantitative estimate of drug-likeness (QED) is 0.759. The number of benzene rings is 2. The highest BCUT2D eigenvalue weighted by molar-refractivity contribution is 6.31. The molecule has 2 aromatic rings. The molecule has 2 nitrogen and oxygen atoms in total. The molecule has 0 fully saturated rings. The minimum absolute atomic E-state index is 0.110. The Bertz CT molecular complexity index is 659. The van der Waals surface area contributed by atoms with Crippen LogP contribution in [0.2, 0.25) is 5.02 Å². The minimum Gasteiger partial charge on any atom is -0.435 e. The van der Waals surface area contributed by atoms with Crippen molar-refractivity contribution in [2.24, 2.45) is 0 Å². The zero-order valence-electron chi connectivity index (χ0n) is 10.7. The van der Waals surface area contributed by atoms with Gasteiger partial charge in [-0.3, -0.25) is 4.79 Å². The van der Waals surface area contributed by atoms with E-state index in [0.29, 0.717) is 5.56 Å². The first kappa shape index (κ1) is 15.4. The Labute approximate surface area is 124 Å². The third-order valence-electron chi connectivity index (χ3n) is 2.76. The van der Waals surface area contributed by atoms with Gasteiger partial charge in [-0.1, -0.05) is 35.9 Å². The topological polar surface area (TPSA) is 26.3 Å². The van der Waals surface area contributed by atoms with Gasteiger partial charge in [-0.15, -0.1) is 0 Å². The van der Waals surface area contributed by atoms with Crippen LogP contribution in [0.5, 0.6) is 5.75 Å². The van der Waals surface area contributed by atoms with Crippen LogP contribution in [-0.4, -0.2) is 12.4 Å². The van der Waals surface area contributed by atoms with Crippen molar-refractivity contribution in [3.8, 4) is 5.75 Å². The largest absolute Gasteiger partial charge is 0.435 e. The molecular formula is C15H10ClF3O2. The summed E-state index contributed by atoms with van der Waals surface area (Å²) in [6.45, 7) is -2.96. The van der Waals surface area contributed by atoms with Crippen LogP contribution in [0.15, 0.2) is 42.5 Å². The number of rotatable bonds is 5. The third kappa shape index (κ3) is 3.98. The lowest BCUT2D eigenvalue weighted by atomic mass is 10.0. The predicted molar refractivity (Wildman–Crippen MR) is 72.5 cm³/mol. The van der Waals surface area contributed by atoms with Crippen LogP contribution in [0, 0.1) is 5.82 Å². The summed E-state index contributed by atoms with van der Waals surface area (Å²) in [6, 6.07) is 9.59. The second-order valence-corrected chi connectivity index (χ2v) is 4.60. The van der Waals surface area contributed by atoms with Gasteiger partial charge in [0.2, 0.25) is 0 Å². The van der Waals surface area contributed by atoms with E-state index in [9.17, 15) is 18.0 Å². The van der Waals surface area contributed by atoms with Crippen molar-refractivity contribution in [2.75, 3.05) is 0 Å². The number of carbonyl (C=O) groups is 1. The maximum atomic E-state index is 13.3. The van der Waals surface area contributed by atoms with E-state index in [4.69, 9.17) is 11.6 Å². The zero-order valence-corrected chi connectivity index (χ0v) is 11.4. The summed E-state index contributed by atoms with van der Waals surface area (Å²) in [6.07, 6.45) is -0.130. The average Bonchev–Trinajstić information content (AvgIpc) is 2.43. The van der Waals surface area contributed by atoms with Crippen LogP contribution in [0.1, 0.15) is 15.9 Å². The molecule has 0 saturated carbocycles. The monoisotopic (exact) mass is 314 g/mol. The Morgan fingerprint density at radius 2 is 1.90 bits per heavy atom. The fourth-order valence-electron chi connectivity index (χ4n) is 1.81. The van der Waals surface area contributed by atoms with E-state index in [-0.39, 0.29) is 28.5 Å². The second-order valence-electron chi connectivity index (χ2n) is 4.22. The van der Waals surface area contributed by atoms with Crippen molar-refractivity contribution in [3.63, 3.8) is 0 Å². The minimum atomic E-state index is -2.96. The van der Waals surface area contributed by atoms with Crippen LogP contribution in [0.4, 0.5) is 13.2 Å². The number of ether oxygens (including phenoxy) is 1. The molecule has 0 bridgehead atoms. The summed E-state index contributed by atoms with van der Waals surface area (Å²) in [5.74, 6) is -1.10. The molecule has 0 aromatic heterocycles. The molecule has 0 amide bonds. The number of carbonyl (C=O) groups excluding carboxylic acids is 1. The van der Waals surface area contributed by atoms with Crippen molar-refractivity contribution >= 4 is 17.4 Å². The molecule has 6 heteroatoms. The fourth-order valence-corrected chi connectivity index (χ4v) is 2.00. The molecule has 0 aliphatic rings. The molecule has 0 unspecified atom stereocenters. The SMILES string of the molecule is O=C(Cc1cccc(F)c1Cl)c1cccc(OC(F)F)c1. The molecule has 0 N–H and O–H groups in total. The Balaban J connectivity index is 2.18. The highest BCUT2D eigenvalue weighted by Crippen LogP contribution is 2.22. The van der Waals surface area contributed by atoms with Crippen molar-refractivity contribution < 1.29 is 22.7 Å². The maximum Gasteiger partial charge on any atom is 0.387 e. The lowest BCUT2D eigenvalue weighted by molar-refractivity contribution is -0.0498. The summed E-state index contributed by atoms with van der Waals surface area (Å²) >= 11 is 5.77. The van der Waals surface area contributed by atoms with Gasteiger partial charge in [0.1, 0.15) is 11.6 Å². The molecule has 110 valence electrons. The Kier molecular flexibility index (Phi) is 4.85. The van der Waals surface area contributed by atoms with E-state index in [1.165, 1.54) is 42.5 Å². The summed E-state index contributed by atoms with van der Waals surface area (Å²) < 4.78 is 41.8. The highest BCUT2D eigenvalue weighted by Gasteiger charge is 2.13. The van der Waals surface area contributed by atoms with E-state index >= 15 is 0 Å². The Morgan fingerprint density at radius 3 is 2.62 bits per heavy atom. The first-order chi connectivity index (χ1) is 9.97. The highest BCUT2D eigenvalue weighted by atomic mass is 35.5. The average molecular weight is 315 g/mol. The molecule has 0 saturated heterocycles. The fraction of sp³-hybridized carbons (Fsp3) is 0.133. The maximum absolute atomic E-state index is 13.3. The van der Waals surface area contributed by atoms with E-state index in [1.54, 1.807) is 0 Å². The molecule has 21 heavy (non-hydrogen) atoms. The number of alkyl halides is 2. The predicted octanol–water partition coefficient (Wildman–Crippen LogP) is 4.51. The summed E-state index contributed by atoms with van der Waals surface area (Å²) in [4.78, 5) is 12.1. The molecule has 0 aliphatic carbocycles. The van der Waals surface area contributed by atoms with Crippen LogP contribution >= 0.6 is 11.6 Å². The smallest absolute Gasteiger partial charge is 0.387 e. The standard InChI is InChI=1S/C15H10ClF3O2/c16-14-10(4-2-6-12(14)17)8-13(20)9-3-1-5-11(7-9)21-15(18)19/h1-7,15H,8H2. The van der Waals surface area contributed by atoms with E-state index in [1.807, 2.05) is 0 Å². The second kappa shape index (κ2) is 6.63. The van der Waals surface area contributed by atoms with Crippen LogP contribution in [0.3, 0.4) is 0 Å². The van der Waals surface area contributed by atoms with Crippen LogP contribution < -0.4 is 4.74 Å². The van der Waals surface area contributed by atoms with Gasteiger partial charge < -0.3 is 4.74 Å². The molecule has 0 heterocycles. The number of Topliss-reactive ketones (excluding diaryl/α,β-unsaturated/α-hetero) is 1. The lowest BCUT2D eigenvalue weighted by Gasteiger charge is -2.07. The summed E-state index contributed by atoms with van der Waals surface area (Å²) in [5, 5.41) is -0.120. The molecule has 0 radical (unpaired) electrons. The molecule has 2 rings (SSSR count). The first-order valence-electron chi connectivity index (χ1n) is 5.98. The molecular weight excluding hydrogens is 305 g/mol. The normalized spacial score (nSPS) is 10.7. The van der Waals surface area contributed by atoms with Gasteiger partial charge in [0.15, 0.2) is 5.78 Å². The van der Waals surface area contributed by atoms with Crippen molar-refractivity contribution in [1.29, 1.82) is 0 Å². The zero-order chi connectivity index (χ0) is 15.4. The van der Waals surface area contributed by atoms with Gasteiger partial charge in [0.05, 0.1) is 5.02 Å².